The van der Waals surface area contributed by atoms with E-state index in [1.807, 2.05) is 86.6 Å². The summed E-state index contributed by atoms with van der Waals surface area (Å²) in [4.78, 5) is 8.64. The molecular formula is C43H48N2O7. The van der Waals surface area contributed by atoms with Gasteiger partial charge in [0.2, 0.25) is 0 Å². The first-order valence-electron chi connectivity index (χ1n) is 17.7. The molecule has 2 aliphatic carbocycles. The van der Waals surface area contributed by atoms with Crippen LogP contribution in [0.25, 0.3) is 0 Å². The lowest BCUT2D eigenvalue weighted by Gasteiger charge is -2.32. The molecule has 0 aliphatic heterocycles. The molecule has 0 amide bonds. The van der Waals surface area contributed by atoms with E-state index < -0.39 is 0 Å². The average molecular weight is 705 g/mol. The number of hydrogen-bond acceptors (Lipinski definition) is 9. The molecule has 9 nitrogen and oxygen atoms in total. The number of benzene rings is 2. The fourth-order valence-electron chi connectivity index (χ4n) is 5.31. The maximum atomic E-state index is 9.27. The van der Waals surface area contributed by atoms with Gasteiger partial charge in [0, 0.05) is 12.8 Å². The van der Waals surface area contributed by atoms with Crippen LogP contribution in [-0.2, 0) is 22.7 Å². The molecule has 2 unspecified atom stereocenters. The fraction of sp³-hybridized carbons (Fsp3) is 0.395. The van der Waals surface area contributed by atoms with E-state index in [1.54, 1.807) is 26.6 Å². The molecular weight excluding hydrogens is 656 g/mol. The SMILES string of the molecule is COc1ccc(COC(C)C#Cc2ccc(OC3CC(C)C3)cn2)cc1.COc1ccc(COC(C)C#Cc2ccc(OC3CC(O)C3)cn2)cc1. The molecule has 0 bridgehead atoms. The number of rotatable bonds is 12. The second kappa shape index (κ2) is 19.5. The van der Waals surface area contributed by atoms with Gasteiger partial charge in [0.05, 0.1) is 52.0 Å². The van der Waals surface area contributed by atoms with Gasteiger partial charge in [-0.25, -0.2) is 9.97 Å². The Labute approximate surface area is 307 Å². The van der Waals surface area contributed by atoms with E-state index in [1.165, 1.54) is 0 Å². The molecule has 0 radical (unpaired) electrons. The van der Waals surface area contributed by atoms with Crippen molar-refractivity contribution in [2.45, 2.75) is 90.2 Å². The normalized spacial score (nSPS) is 19.7. The Balaban J connectivity index is 0.000000201. The first kappa shape index (κ1) is 38.2. The zero-order chi connectivity index (χ0) is 36.7. The monoisotopic (exact) mass is 704 g/mol. The van der Waals surface area contributed by atoms with Crippen molar-refractivity contribution < 1.29 is 33.5 Å². The zero-order valence-electron chi connectivity index (χ0n) is 30.6. The van der Waals surface area contributed by atoms with Gasteiger partial charge in [-0.1, -0.05) is 43.0 Å². The third-order valence-electron chi connectivity index (χ3n) is 8.60. The molecule has 1 N–H and O–H groups in total. The molecule has 4 aromatic rings. The summed E-state index contributed by atoms with van der Waals surface area (Å²) in [6, 6.07) is 23.1. The molecule has 0 spiro atoms. The minimum atomic E-state index is -0.225. The topological polar surface area (TPSA) is 101 Å². The Kier molecular flexibility index (Phi) is 14.3. The van der Waals surface area contributed by atoms with E-state index in [-0.39, 0.29) is 24.4 Å². The van der Waals surface area contributed by atoms with Crippen molar-refractivity contribution in [2.24, 2.45) is 5.92 Å². The molecule has 2 aromatic carbocycles. The molecule has 272 valence electrons. The van der Waals surface area contributed by atoms with Crippen molar-refractivity contribution in [3.8, 4) is 46.7 Å². The van der Waals surface area contributed by atoms with Crippen LogP contribution in [0.5, 0.6) is 23.0 Å². The van der Waals surface area contributed by atoms with Crippen LogP contribution < -0.4 is 18.9 Å². The predicted octanol–water partition coefficient (Wildman–Crippen LogP) is 7.17. The summed E-state index contributed by atoms with van der Waals surface area (Å²) in [5.74, 6) is 16.2. The van der Waals surface area contributed by atoms with E-state index in [4.69, 9.17) is 28.4 Å². The first-order valence-corrected chi connectivity index (χ1v) is 17.7. The number of ether oxygens (including phenoxy) is 6. The molecule has 2 aliphatic rings. The van der Waals surface area contributed by atoms with Gasteiger partial charge < -0.3 is 33.5 Å². The number of aromatic nitrogens is 2. The van der Waals surface area contributed by atoms with Gasteiger partial charge in [0.25, 0.3) is 0 Å². The average Bonchev–Trinajstić information content (AvgIpc) is 3.15. The largest absolute Gasteiger partial charge is 0.497 e. The maximum absolute atomic E-state index is 9.27. The van der Waals surface area contributed by atoms with Crippen LogP contribution in [0.3, 0.4) is 0 Å². The van der Waals surface area contributed by atoms with Crippen LogP contribution in [0.15, 0.2) is 85.2 Å². The molecule has 2 saturated carbocycles. The third-order valence-corrected chi connectivity index (χ3v) is 8.60. The van der Waals surface area contributed by atoms with Crippen LogP contribution in [0.1, 0.15) is 69.0 Å². The lowest BCUT2D eigenvalue weighted by molar-refractivity contribution is -0.0109. The summed E-state index contributed by atoms with van der Waals surface area (Å²) in [5, 5.41) is 9.27. The summed E-state index contributed by atoms with van der Waals surface area (Å²) >= 11 is 0. The van der Waals surface area contributed by atoms with E-state index in [2.05, 4.69) is 40.6 Å². The molecule has 52 heavy (non-hydrogen) atoms. The number of hydrogen-bond donors (Lipinski definition) is 1. The van der Waals surface area contributed by atoms with E-state index in [0.29, 0.717) is 43.6 Å². The van der Waals surface area contributed by atoms with Crippen LogP contribution in [0.4, 0.5) is 0 Å². The highest BCUT2D eigenvalue weighted by molar-refractivity contribution is 5.33. The van der Waals surface area contributed by atoms with Crippen molar-refractivity contribution >= 4 is 0 Å². The number of pyridine rings is 2. The minimum Gasteiger partial charge on any atom is -0.497 e. The zero-order valence-corrected chi connectivity index (χ0v) is 30.6. The molecule has 2 atom stereocenters. The molecule has 6 rings (SSSR count). The molecule has 2 aromatic heterocycles. The van der Waals surface area contributed by atoms with E-state index in [9.17, 15) is 5.11 Å². The summed E-state index contributed by atoms with van der Waals surface area (Å²) in [5.41, 5.74) is 3.55. The predicted molar refractivity (Wildman–Crippen MR) is 199 cm³/mol. The third kappa shape index (κ3) is 12.6. The van der Waals surface area contributed by atoms with Crippen LogP contribution in [-0.4, -0.2) is 59.8 Å². The highest BCUT2D eigenvalue weighted by Gasteiger charge is 2.29. The number of nitrogens with zero attached hydrogens (tertiary/aromatic N) is 2. The van der Waals surface area contributed by atoms with Crippen molar-refractivity contribution in [3.63, 3.8) is 0 Å². The van der Waals surface area contributed by atoms with Crippen molar-refractivity contribution in [1.82, 2.24) is 9.97 Å². The van der Waals surface area contributed by atoms with Gasteiger partial charge in [-0.05, 0) is 104 Å². The number of aliphatic hydroxyl groups excluding tert-OH is 1. The van der Waals surface area contributed by atoms with Crippen LogP contribution in [0.2, 0.25) is 0 Å². The first-order chi connectivity index (χ1) is 25.2. The lowest BCUT2D eigenvalue weighted by atomic mass is 9.84. The summed E-state index contributed by atoms with van der Waals surface area (Å²) < 4.78 is 33.4. The van der Waals surface area contributed by atoms with E-state index >= 15 is 0 Å². The number of aliphatic hydroxyl groups is 1. The summed E-state index contributed by atoms with van der Waals surface area (Å²) in [6.07, 6.45) is 6.87. The number of methoxy groups -OCH3 is 2. The Hall–Kier alpha value is -5.06. The van der Waals surface area contributed by atoms with E-state index in [0.717, 1.165) is 52.8 Å². The second-order valence-electron chi connectivity index (χ2n) is 13.1. The van der Waals surface area contributed by atoms with Gasteiger partial charge in [-0.3, -0.25) is 0 Å². The van der Waals surface area contributed by atoms with Gasteiger partial charge >= 0.3 is 0 Å². The molecule has 0 saturated heterocycles. The molecule has 2 fully saturated rings. The van der Waals surface area contributed by atoms with Gasteiger partial charge in [0.15, 0.2) is 0 Å². The van der Waals surface area contributed by atoms with Crippen LogP contribution in [0, 0.1) is 29.6 Å². The Bertz CT molecular complexity index is 1640. The van der Waals surface area contributed by atoms with Gasteiger partial charge in [-0.15, -0.1) is 0 Å². The standard InChI is InChI=1S/C22H25NO3.C21H23NO4/c1-16-12-22(13-16)26-21-11-8-19(23-14-21)7-4-17(2)25-15-18-5-9-20(24-3)10-6-18;1-15(25-14-16-4-8-19(24-2)9-5-16)3-6-17-7-10-20(13-22-17)26-21-11-18(23)12-21/h5-6,8-11,14,16-17,22H,12-13,15H2,1-3H3;4-5,7-10,13,15,18,21,23H,11-12,14H2,1-2H3. The van der Waals surface area contributed by atoms with Crippen molar-refractivity contribution in [3.05, 3.63) is 108 Å². The van der Waals surface area contributed by atoms with Gasteiger partial charge in [0.1, 0.15) is 52.7 Å². The Morgan fingerprint density at radius 1 is 0.615 bits per heavy atom. The highest BCUT2D eigenvalue weighted by atomic mass is 16.5. The van der Waals surface area contributed by atoms with Crippen LogP contribution >= 0.6 is 0 Å². The highest BCUT2D eigenvalue weighted by Crippen LogP contribution is 2.30. The quantitative estimate of drug-likeness (QED) is 0.154. The Morgan fingerprint density at radius 3 is 1.37 bits per heavy atom. The Morgan fingerprint density at radius 2 is 1.02 bits per heavy atom. The summed E-state index contributed by atoms with van der Waals surface area (Å²) in [7, 11) is 3.30. The van der Waals surface area contributed by atoms with Crippen molar-refractivity contribution in [1.29, 1.82) is 0 Å². The molecule has 2 heterocycles. The summed E-state index contributed by atoms with van der Waals surface area (Å²) in [6.45, 7) is 7.10. The lowest BCUT2D eigenvalue weighted by Crippen LogP contribution is -2.37. The van der Waals surface area contributed by atoms with Crippen molar-refractivity contribution in [2.75, 3.05) is 14.2 Å². The minimum absolute atomic E-state index is 0.0927. The molecule has 9 heteroatoms. The second-order valence-corrected chi connectivity index (χ2v) is 13.1. The smallest absolute Gasteiger partial charge is 0.138 e. The van der Waals surface area contributed by atoms with Gasteiger partial charge in [-0.2, -0.15) is 0 Å². The fourth-order valence-corrected chi connectivity index (χ4v) is 5.31. The maximum Gasteiger partial charge on any atom is 0.138 e.